The first kappa shape index (κ1) is 18.8. The number of rotatable bonds is 10. The van der Waals surface area contributed by atoms with Gasteiger partial charge in [-0.1, -0.05) is 37.6 Å². The summed E-state index contributed by atoms with van der Waals surface area (Å²) in [6, 6.07) is 7.73. The average Bonchev–Trinajstić information content (AvgIpc) is 2.58. The maximum absolute atomic E-state index is 5.86. The molecule has 24 heavy (non-hydrogen) atoms. The van der Waals surface area contributed by atoms with Gasteiger partial charge in [-0.25, -0.2) is 0 Å². The Morgan fingerprint density at radius 1 is 1.21 bits per heavy atom. The lowest BCUT2D eigenvalue weighted by Gasteiger charge is -2.26. The zero-order valence-corrected chi connectivity index (χ0v) is 15.1. The van der Waals surface area contributed by atoms with E-state index in [9.17, 15) is 0 Å². The van der Waals surface area contributed by atoms with Gasteiger partial charge in [-0.15, -0.1) is 0 Å². The van der Waals surface area contributed by atoms with Gasteiger partial charge < -0.3 is 18.9 Å². The molecule has 1 unspecified atom stereocenters. The number of para-hydroxylation sites is 2. The van der Waals surface area contributed by atoms with E-state index in [1.165, 1.54) is 5.57 Å². The lowest BCUT2D eigenvalue weighted by atomic mass is 10.1. The molecule has 0 radical (unpaired) electrons. The van der Waals surface area contributed by atoms with Crippen molar-refractivity contribution in [2.45, 2.75) is 39.7 Å². The summed E-state index contributed by atoms with van der Waals surface area (Å²) < 4.78 is 22.9. The van der Waals surface area contributed by atoms with Crippen molar-refractivity contribution in [3.8, 4) is 11.5 Å². The summed E-state index contributed by atoms with van der Waals surface area (Å²) in [5, 5.41) is 0. The van der Waals surface area contributed by atoms with Crippen LogP contribution in [0.1, 0.15) is 33.6 Å². The molecule has 0 saturated carbocycles. The van der Waals surface area contributed by atoms with Gasteiger partial charge in [-0.05, 0) is 37.8 Å². The van der Waals surface area contributed by atoms with Crippen molar-refractivity contribution in [2.75, 3.05) is 33.0 Å². The number of fused-ring (bicyclic) bond motifs is 1. The minimum absolute atomic E-state index is 0.0482. The molecular weight excluding hydrogens is 304 g/mol. The summed E-state index contributed by atoms with van der Waals surface area (Å²) in [5.74, 6) is 2.30. The highest BCUT2D eigenvalue weighted by molar-refractivity contribution is 5.40. The van der Waals surface area contributed by atoms with Gasteiger partial charge in [-0.3, -0.25) is 0 Å². The van der Waals surface area contributed by atoms with E-state index in [1.807, 2.05) is 24.3 Å². The SMILES string of the molecule is CC(=CCOCC1COc2ccccc2O1)CCOCCC(C)C. The largest absolute Gasteiger partial charge is 0.486 e. The molecule has 0 N–H and O–H groups in total. The Balaban J connectivity index is 1.56. The summed E-state index contributed by atoms with van der Waals surface area (Å²) in [5.41, 5.74) is 1.30. The molecule has 4 nitrogen and oxygen atoms in total. The van der Waals surface area contributed by atoms with Crippen LogP contribution >= 0.6 is 0 Å². The second-order valence-corrected chi connectivity index (χ2v) is 6.63. The molecule has 1 aliphatic heterocycles. The molecule has 4 heteroatoms. The molecule has 0 aromatic heterocycles. The predicted octanol–water partition coefficient (Wildman–Crippen LogP) is 4.24. The van der Waals surface area contributed by atoms with E-state index in [-0.39, 0.29) is 6.10 Å². The van der Waals surface area contributed by atoms with Gasteiger partial charge in [0.05, 0.1) is 19.8 Å². The summed E-state index contributed by atoms with van der Waals surface area (Å²) in [6.45, 7) is 9.84. The van der Waals surface area contributed by atoms with Crippen molar-refractivity contribution >= 4 is 0 Å². The summed E-state index contributed by atoms with van der Waals surface area (Å²) in [6.07, 6.45) is 4.15. The van der Waals surface area contributed by atoms with Gasteiger partial charge in [-0.2, -0.15) is 0 Å². The highest BCUT2D eigenvalue weighted by atomic mass is 16.6. The molecule has 1 heterocycles. The van der Waals surface area contributed by atoms with Gasteiger partial charge in [0.1, 0.15) is 6.61 Å². The monoisotopic (exact) mass is 334 g/mol. The first-order valence-electron chi connectivity index (χ1n) is 8.84. The van der Waals surface area contributed by atoms with E-state index in [0.717, 1.165) is 37.6 Å². The Labute approximate surface area is 145 Å². The van der Waals surface area contributed by atoms with Gasteiger partial charge in [0.15, 0.2) is 17.6 Å². The first-order valence-corrected chi connectivity index (χ1v) is 8.84. The smallest absolute Gasteiger partial charge is 0.161 e. The molecule has 0 fully saturated rings. The second kappa shape index (κ2) is 10.4. The topological polar surface area (TPSA) is 36.9 Å². The van der Waals surface area contributed by atoms with Gasteiger partial charge >= 0.3 is 0 Å². The molecule has 0 bridgehead atoms. The van der Waals surface area contributed by atoms with Crippen LogP contribution in [0.5, 0.6) is 11.5 Å². The molecule has 1 aliphatic rings. The Kier molecular flexibility index (Phi) is 8.13. The second-order valence-electron chi connectivity index (χ2n) is 6.63. The van der Waals surface area contributed by atoms with Crippen molar-refractivity contribution in [1.82, 2.24) is 0 Å². The van der Waals surface area contributed by atoms with Gasteiger partial charge in [0.25, 0.3) is 0 Å². The third-order valence-electron chi connectivity index (χ3n) is 3.90. The molecule has 0 saturated heterocycles. The lowest BCUT2D eigenvalue weighted by Crippen LogP contribution is -2.33. The fourth-order valence-electron chi connectivity index (χ4n) is 2.30. The van der Waals surface area contributed by atoms with Gasteiger partial charge in [0, 0.05) is 6.61 Å². The van der Waals surface area contributed by atoms with Crippen molar-refractivity contribution < 1.29 is 18.9 Å². The standard InChI is InChI=1S/C20H30O4/c1-16(2)8-11-21-12-9-17(3)10-13-22-14-18-15-23-19-6-4-5-7-20(19)24-18/h4-7,10,16,18H,8-9,11-15H2,1-3H3. The molecular formula is C20H30O4. The normalized spacial score (nSPS) is 17.3. The third-order valence-corrected chi connectivity index (χ3v) is 3.90. The van der Waals surface area contributed by atoms with Crippen molar-refractivity contribution in [3.05, 3.63) is 35.9 Å². The molecule has 1 aromatic carbocycles. The van der Waals surface area contributed by atoms with Crippen LogP contribution in [0.4, 0.5) is 0 Å². The molecule has 0 spiro atoms. The van der Waals surface area contributed by atoms with E-state index in [4.69, 9.17) is 18.9 Å². The fourth-order valence-corrected chi connectivity index (χ4v) is 2.30. The van der Waals surface area contributed by atoms with Crippen LogP contribution in [0.25, 0.3) is 0 Å². The molecule has 1 aromatic rings. The zero-order chi connectivity index (χ0) is 17.2. The van der Waals surface area contributed by atoms with Crippen LogP contribution < -0.4 is 9.47 Å². The maximum atomic E-state index is 5.86. The first-order chi connectivity index (χ1) is 11.6. The van der Waals surface area contributed by atoms with Crippen molar-refractivity contribution in [3.63, 3.8) is 0 Å². The van der Waals surface area contributed by atoms with Gasteiger partial charge in [0.2, 0.25) is 0 Å². The number of benzene rings is 1. The van der Waals surface area contributed by atoms with E-state index < -0.39 is 0 Å². The fraction of sp³-hybridized carbons (Fsp3) is 0.600. The average molecular weight is 334 g/mol. The minimum atomic E-state index is -0.0482. The van der Waals surface area contributed by atoms with Crippen LogP contribution in [-0.4, -0.2) is 39.1 Å². The predicted molar refractivity (Wildman–Crippen MR) is 95.8 cm³/mol. The lowest BCUT2D eigenvalue weighted by molar-refractivity contribution is 0.0170. The van der Waals surface area contributed by atoms with Crippen molar-refractivity contribution in [2.24, 2.45) is 5.92 Å². The van der Waals surface area contributed by atoms with E-state index in [0.29, 0.717) is 25.7 Å². The van der Waals surface area contributed by atoms with Crippen molar-refractivity contribution in [1.29, 1.82) is 0 Å². The van der Waals surface area contributed by atoms with Crippen LogP contribution in [0.3, 0.4) is 0 Å². The van der Waals surface area contributed by atoms with Crippen LogP contribution in [-0.2, 0) is 9.47 Å². The number of hydrogen-bond donors (Lipinski definition) is 0. The molecule has 0 aliphatic carbocycles. The minimum Gasteiger partial charge on any atom is -0.486 e. The molecule has 134 valence electrons. The zero-order valence-electron chi connectivity index (χ0n) is 15.1. The Hall–Kier alpha value is -1.52. The molecule has 0 amide bonds. The highest BCUT2D eigenvalue weighted by Crippen LogP contribution is 2.30. The Morgan fingerprint density at radius 2 is 2.00 bits per heavy atom. The van der Waals surface area contributed by atoms with E-state index in [2.05, 4.69) is 26.8 Å². The van der Waals surface area contributed by atoms with E-state index >= 15 is 0 Å². The number of hydrogen-bond acceptors (Lipinski definition) is 4. The van der Waals surface area contributed by atoms with Crippen LogP contribution in [0, 0.1) is 5.92 Å². The summed E-state index contributed by atoms with van der Waals surface area (Å²) in [7, 11) is 0. The summed E-state index contributed by atoms with van der Waals surface area (Å²) in [4.78, 5) is 0. The quantitative estimate of drug-likeness (QED) is 0.474. The highest BCUT2D eigenvalue weighted by Gasteiger charge is 2.20. The third kappa shape index (κ3) is 6.93. The summed E-state index contributed by atoms with van der Waals surface area (Å²) >= 11 is 0. The maximum Gasteiger partial charge on any atom is 0.161 e. The van der Waals surface area contributed by atoms with Crippen LogP contribution in [0.2, 0.25) is 0 Å². The Morgan fingerprint density at radius 3 is 2.79 bits per heavy atom. The molecule has 1 atom stereocenters. The van der Waals surface area contributed by atoms with Crippen LogP contribution in [0.15, 0.2) is 35.9 Å². The molecule has 2 rings (SSSR count). The number of ether oxygens (including phenoxy) is 4. The Bertz CT molecular complexity index is 510. The van der Waals surface area contributed by atoms with E-state index in [1.54, 1.807) is 0 Å².